The van der Waals surface area contributed by atoms with Crippen molar-refractivity contribution in [3.05, 3.63) is 46.1 Å². The summed E-state index contributed by atoms with van der Waals surface area (Å²) in [7, 11) is 0. The van der Waals surface area contributed by atoms with Gasteiger partial charge in [-0.15, -0.1) is 0 Å². The second kappa shape index (κ2) is 5.27. The van der Waals surface area contributed by atoms with Crippen LogP contribution in [0.5, 0.6) is 0 Å². The van der Waals surface area contributed by atoms with Gasteiger partial charge < -0.3 is 9.67 Å². The lowest BCUT2D eigenvalue weighted by Crippen LogP contribution is -2.11. The molecule has 0 amide bonds. The van der Waals surface area contributed by atoms with Crippen LogP contribution in [0.15, 0.2) is 30.3 Å². The Morgan fingerprint density at radius 2 is 1.74 bits per heavy atom. The highest BCUT2D eigenvalue weighted by atomic mass is 35.5. The van der Waals surface area contributed by atoms with Crippen molar-refractivity contribution in [2.24, 2.45) is 0 Å². The molecule has 0 saturated carbocycles. The lowest BCUT2D eigenvalue weighted by molar-refractivity contribution is 0.0683. The van der Waals surface area contributed by atoms with Gasteiger partial charge in [0.2, 0.25) is 0 Å². The number of rotatable bonds is 3. The molecule has 0 bridgehead atoms. The van der Waals surface area contributed by atoms with E-state index in [9.17, 15) is 9.90 Å². The summed E-state index contributed by atoms with van der Waals surface area (Å²) in [6, 6.07) is 8.57. The van der Waals surface area contributed by atoms with Crippen molar-refractivity contribution in [2.75, 3.05) is 0 Å². The molecule has 2 aromatic rings. The van der Waals surface area contributed by atoms with E-state index in [1.165, 1.54) is 0 Å². The van der Waals surface area contributed by atoms with Crippen LogP contribution in [0.2, 0.25) is 10.0 Å². The van der Waals surface area contributed by atoms with Crippen LogP contribution in [0.4, 0.5) is 0 Å². The number of hydrogen-bond donors (Lipinski definition) is 1. The molecule has 19 heavy (non-hydrogen) atoms. The molecule has 0 atom stereocenters. The third-order valence-corrected chi connectivity index (χ3v) is 3.25. The van der Waals surface area contributed by atoms with Gasteiger partial charge in [0.25, 0.3) is 0 Å². The molecule has 3 nitrogen and oxygen atoms in total. The third kappa shape index (κ3) is 2.77. The van der Waals surface area contributed by atoms with Gasteiger partial charge in [0, 0.05) is 27.3 Å². The molecule has 0 unspecified atom stereocenters. The topological polar surface area (TPSA) is 42.2 Å². The summed E-state index contributed by atoms with van der Waals surface area (Å²) in [4.78, 5) is 11.2. The summed E-state index contributed by atoms with van der Waals surface area (Å²) in [5.41, 5.74) is 1.84. The maximum absolute atomic E-state index is 11.2. The van der Waals surface area contributed by atoms with Crippen molar-refractivity contribution in [1.29, 1.82) is 0 Å². The molecule has 1 aromatic carbocycles. The van der Waals surface area contributed by atoms with Crippen LogP contribution in [-0.4, -0.2) is 15.6 Å². The lowest BCUT2D eigenvalue weighted by atomic mass is 10.1. The van der Waals surface area contributed by atoms with Gasteiger partial charge in [-0.2, -0.15) is 0 Å². The highest BCUT2D eigenvalue weighted by molar-refractivity contribution is 6.35. The van der Waals surface area contributed by atoms with Gasteiger partial charge in [0.15, 0.2) is 0 Å². The van der Waals surface area contributed by atoms with Gasteiger partial charge in [0.1, 0.15) is 5.69 Å². The number of carboxylic acid groups (broad SMARTS) is 1. The molecular formula is C14H13Cl2NO2. The first-order valence-electron chi connectivity index (χ1n) is 5.81. The average Bonchev–Trinajstić information content (AvgIpc) is 2.71. The van der Waals surface area contributed by atoms with Crippen molar-refractivity contribution in [2.45, 2.75) is 19.9 Å². The Bertz CT molecular complexity index is 612. The number of aromatic nitrogens is 1. The van der Waals surface area contributed by atoms with Crippen molar-refractivity contribution >= 4 is 29.2 Å². The Morgan fingerprint density at radius 1 is 1.16 bits per heavy atom. The minimum atomic E-state index is -0.951. The normalized spacial score (nSPS) is 11.0. The molecule has 2 rings (SSSR count). The number of nitrogens with zero attached hydrogens (tertiary/aromatic N) is 1. The van der Waals surface area contributed by atoms with E-state index in [1.54, 1.807) is 34.9 Å². The molecule has 1 N–H and O–H groups in total. The standard InChI is InChI=1S/C14H13Cl2NO2/c1-8(2)17-12(3-4-13(17)14(18)19)9-5-10(15)7-11(16)6-9/h3-8H,1-2H3,(H,18,19). The zero-order valence-electron chi connectivity index (χ0n) is 10.5. The van der Waals surface area contributed by atoms with E-state index in [0.717, 1.165) is 11.3 Å². The first kappa shape index (κ1) is 14.0. The molecule has 0 aliphatic heterocycles. The summed E-state index contributed by atoms with van der Waals surface area (Å²) in [5.74, 6) is -0.951. The Kier molecular flexibility index (Phi) is 3.88. The third-order valence-electron chi connectivity index (χ3n) is 2.81. The van der Waals surface area contributed by atoms with E-state index >= 15 is 0 Å². The van der Waals surface area contributed by atoms with Crippen LogP contribution in [0.3, 0.4) is 0 Å². The van der Waals surface area contributed by atoms with E-state index < -0.39 is 5.97 Å². The first-order chi connectivity index (χ1) is 8.90. The van der Waals surface area contributed by atoms with Crippen LogP contribution in [0, 0.1) is 0 Å². The Balaban J connectivity index is 2.65. The molecule has 100 valence electrons. The highest BCUT2D eigenvalue weighted by Gasteiger charge is 2.17. The van der Waals surface area contributed by atoms with Gasteiger partial charge in [-0.25, -0.2) is 4.79 Å². The van der Waals surface area contributed by atoms with Crippen LogP contribution in [0.25, 0.3) is 11.3 Å². The SMILES string of the molecule is CC(C)n1c(C(=O)O)ccc1-c1cc(Cl)cc(Cl)c1. The molecule has 1 aromatic heterocycles. The number of hydrogen-bond acceptors (Lipinski definition) is 1. The smallest absolute Gasteiger partial charge is 0.352 e. The highest BCUT2D eigenvalue weighted by Crippen LogP contribution is 2.30. The minimum Gasteiger partial charge on any atom is -0.477 e. The van der Waals surface area contributed by atoms with E-state index in [0.29, 0.717) is 10.0 Å². The van der Waals surface area contributed by atoms with Crippen LogP contribution in [0.1, 0.15) is 30.4 Å². The Morgan fingerprint density at radius 3 is 2.21 bits per heavy atom. The predicted octanol–water partition coefficient (Wildman–Crippen LogP) is 4.74. The number of benzene rings is 1. The fraction of sp³-hybridized carbons (Fsp3) is 0.214. The predicted molar refractivity (Wildman–Crippen MR) is 77.2 cm³/mol. The molecule has 0 aliphatic carbocycles. The summed E-state index contributed by atoms with van der Waals surface area (Å²) in [6.45, 7) is 3.87. The van der Waals surface area contributed by atoms with Gasteiger partial charge in [-0.1, -0.05) is 23.2 Å². The fourth-order valence-electron chi connectivity index (χ4n) is 2.12. The monoisotopic (exact) mass is 297 g/mol. The van der Waals surface area contributed by atoms with Crippen molar-refractivity contribution in [1.82, 2.24) is 4.57 Å². The molecule has 0 spiro atoms. The number of carboxylic acids is 1. The zero-order valence-corrected chi connectivity index (χ0v) is 12.0. The molecule has 5 heteroatoms. The van der Waals surface area contributed by atoms with Gasteiger partial charge in [-0.3, -0.25) is 0 Å². The molecule has 0 radical (unpaired) electrons. The van der Waals surface area contributed by atoms with Crippen molar-refractivity contribution in [3.63, 3.8) is 0 Å². The summed E-state index contributed by atoms with van der Waals surface area (Å²) in [6.07, 6.45) is 0. The fourth-order valence-corrected chi connectivity index (χ4v) is 2.64. The number of aromatic carboxylic acids is 1. The summed E-state index contributed by atoms with van der Waals surface area (Å²) < 4.78 is 1.75. The maximum atomic E-state index is 11.2. The molecule has 0 fully saturated rings. The average molecular weight is 298 g/mol. The Hall–Kier alpha value is -1.45. The zero-order chi connectivity index (χ0) is 14.2. The maximum Gasteiger partial charge on any atom is 0.352 e. The van der Waals surface area contributed by atoms with Crippen LogP contribution >= 0.6 is 23.2 Å². The van der Waals surface area contributed by atoms with E-state index in [4.69, 9.17) is 23.2 Å². The van der Waals surface area contributed by atoms with Crippen molar-refractivity contribution in [3.8, 4) is 11.3 Å². The van der Waals surface area contributed by atoms with Gasteiger partial charge in [0.05, 0.1) is 0 Å². The molecule has 0 saturated heterocycles. The van der Waals surface area contributed by atoms with Crippen molar-refractivity contribution < 1.29 is 9.90 Å². The van der Waals surface area contributed by atoms with E-state index in [1.807, 2.05) is 13.8 Å². The van der Waals surface area contributed by atoms with Gasteiger partial charge in [-0.05, 0) is 44.2 Å². The van der Waals surface area contributed by atoms with E-state index in [2.05, 4.69) is 0 Å². The minimum absolute atomic E-state index is 0.0221. The van der Waals surface area contributed by atoms with Crippen LogP contribution in [-0.2, 0) is 0 Å². The second-order valence-corrected chi connectivity index (χ2v) is 5.40. The molecule has 0 aliphatic rings. The van der Waals surface area contributed by atoms with Gasteiger partial charge >= 0.3 is 5.97 Å². The Labute approximate surface area is 121 Å². The lowest BCUT2D eigenvalue weighted by Gasteiger charge is -2.16. The number of halogens is 2. The number of carbonyl (C=O) groups is 1. The van der Waals surface area contributed by atoms with Crippen LogP contribution < -0.4 is 0 Å². The van der Waals surface area contributed by atoms with E-state index in [-0.39, 0.29) is 11.7 Å². The summed E-state index contributed by atoms with van der Waals surface area (Å²) in [5, 5.41) is 10.3. The molecule has 1 heterocycles. The second-order valence-electron chi connectivity index (χ2n) is 4.53. The first-order valence-corrected chi connectivity index (χ1v) is 6.56. The molecular weight excluding hydrogens is 285 g/mol. The largest absolute Gasteiger partial charge is 0.477 e. The quantitative estimate of drug-likeness (QED) is 0.889. The summed E-state index contributed by atoms with van der Waals surface area (Å²) >= 11 is 12.0.